The summed E-state index contributed by atoms with van der Waals surface area (Å²) in [6.07, 6.45) is 3.76. The van der Waals surface area contributed by atoms with Gasteiger partial charge in [-0.25, -0.2) is 4.98 Å². The summed E-state index contributed by atoms with van der Waals surface area (Å²) in [5.41, 5.74) is 1.08. The molecule has 2 nitrogen and oxygen atoms in total. The molecule has 0 aromatic carbocycles. The highest BCUT2D eigenvalue weighted by Crippen LogP contribution is 2.26. The molecule has 0 atom stereocenters. The van der Waals surface area contributed by atoms with Crippen LogP contribution >= 0.6 is 27.5 Å². The average molecular weight is 246 g/mol. The molecule has 4 heteroatoms. The molecule has 12 heavy (non-hydrogen) atoms. The van der Waals surface area contributed by atoms with Gasteiger partial charge in [-0.2, -0.15) is 0 Å². The topological polar surface area (TPSA) is 17.8 Å². The number of hydrogen-bond donors (Lipinski definition) is 0. The molecule has 0 aliphatic heterocycles. The highest BCUT2D eigenvalue weighted by molar-refractivity contribution is 9.10. The molecule has 0 fully saturated rings. The number of aryl methyl sites for hydroxylation is 1. The molecule has 62 valence electrons. The lowest BCUT2D eigenvalue weighted by Gasteiger charge is -1.94. The molecule has 0 spiro atoms. The van der Waals surface area contributed by atoms with E-state index in [-0.39, 0.29) is 0 Å². The van der Waals surface area contributed by atoms with Crippen molar-refractivity contribution >= 4 is 38.4 Å². The Labute approximate surface area is 83.3 Å². The van der Waals surface area contributed by atoms with Gasteiger partial charge in [-0.05, 0) is 22.0 Å². The lowest BCUT2D eigenvalue weighted by molar-refractivity contribution is 0.963. The fourth-order valence-corrected chi connectivity index (χ4v) is 1.99. The van der Waals surface area contributed by atoms with Crippen molar-refractivity contribution in [2.75, 3.05) is 0 Å². The number of aromatic nitrogens is 2. The summed E-state index contributed by atoms with van der Waals surface area (Å²) < 4.78 is 3.05. The number of rotatable bonds is 0. The van der Waals surface area contributed by atoms with Crippen LogP contribution in [0.5, 0.6) is 0 Å². The van der Waals surface area contributed by atoms with Crippen molar-refractivity contribution in [1.29, 1.82) is 0 Å². The van der Waals surface area contributed by atoms with Crippen molar-refractivity contribution in [1.82, 2.24) is 9.55 Å². The first-order valence-corrected chi connectivity index (χ1v) is 4.61. The lowest BCUT2D eigenvalue weighted by Crippen LogP contribution is -1.84. The lowest BCUT2D eigenvalue weighted by atomic mass is 10.3. The zero-order valence-corrected chi connectivity index (χ0v) is 8.72. The third kappa shape index (κ3) is 1.13. The van der Waals surface area contributed by atoms with E-state index in [0.29, 0.717) is 5.15 Å². The second-order valence-electron chi connectivity index (χ2n) is 2.61. The van der Waals surface area contributed by atoms with E-state index in [9.17, 15) is 0 Å². The Hall–Kier alpha value is -0.540. The molecule has 2 heterocycles. The van der Waals surface area contributed by atoms with Crippen molar-refractivity contribution in [3.05, 3.63) is 28.1 Å². The molecular weight excluding hydrogens is 239 g/mol. The van der Waals surface area contributed by atoms with Crippen LogP contribution < -0.4 is 0 Å². The van der Waals surface area contributed by atoms with E-state index >= 15 is 0 Å². The van der Waals surface area contributed by atoms with Crippen molar-refractivity contribution in [3.8, 4) is 0 Å². The van der Waals surface area contributed by atoms with Crippen molar-refractivity contribution in [3.63, 3.8) is 0 Å². The Kier molecular flexibility index (Phi) is 1.85. The third-order valence-corrected chi connectivity index (χ3v) is 2.63. The number of fused-ring (bicyclic) bond motifs is 1. The van der Waals surface area contributed by atoms with Crippen LogP contribution in [0.4, 0.5) is 0 Å². The minimum Gasteiger partial charge on any atom is -0.348 e. The molecule has 2 aromatic rings. The SMILES string of the molecule is Cn1cc(Br)c2cc(Cl)ncc21. The van der Waals surface area contributed by atoms with Crippen molar-refractivity contribution < 1.29 is 0 Å². The van der Waals surface area contributed by atoms with Gasteiger partial charge in [0.05, 0.1) is 11.7 Å². The van der Waals surface area contributed by atoms with Gasteiger partial charge in [0.25, 0.3) is 0 Å². The van der Waals surface area contributed by atoms with E-state index in [1.807, 2.05) is 23.9 Å². The molecule has 0 aliphatic carbocycles. The zero-order chi connectivity index (χ0) is 8.72. The number of pyridine rings is 1. The Morgan fingerprint density at radius 3 is 3.08 bits per heavy atom. The molecule has 2 aromatic heterocycles. The molecule has 0 N–H and O–H groups in total. The molecule has 0 radical (unpaired) electrons. The van der Waals surface area contributed by atoms with E-state index in [2.05, 4.69) is 20.9 Å². The molecule has 0 saturated carbocycles. The maximum absolute atomic E-state index is 5.76. The normalized spacial score (nSPS) is 10.9. The summed E-state index contributed by atoms with van der Waals surface area (Å²) in [5.74, 6) is 0. The number of hydrogen-bond acceptors (Lipinski definition) is 1. The van der Waals surface area contributed by atoms with Crippen molar-refractivity contribution in [2.24, 2.45) is 7.05 Å². The van der Waals surface area contributed by atoms with Crippen LogP contribution in [0.2, 0.25) is 5.15 Å². The zero-order valence-electron chi connectivity index (χ0n) is 6.38. The monoisotopic (exact) mass is 244 g/mol. The molecule has 0 bridgehead atoms. The Bertz CT molecular complexity index is 436. The fraction of sp³-hybridized carbons (Fsp3) is 0.125. The van der Waals surface area contributed by atoms with Crippen LogP contribution in [-0.4, -0.2) is 9.55 Å². The predicted octanol–water partition coefficient (Wildman–Crippen LogP) is 2.99. The van der Waals surface area contributed by atoms with Crippen molar-refractivity contribution in [2.45, 2.75) is 0 Å². The van der Waals surface area contributed by atoms with Gasteiger partial charge in [0.15, 0.2) is 0 Å². The highest BCUT2D eigenvalue weighted by Gasteiger charge is 2.04. The maximum atomic E-state index is 5.76. The van der Waals surface area contributed by atoms with E-state index < -0.39 is 0 Å². The summed E-state index contributed by atoms with van der Waals surface area (Å²) >= 11 is 9.20. The van der Waals surface area contributed by atoms with Crippen LogP contribution in [0, 0.1) is 0 Å². The second kappa shape index (κ2) is 2.75. The smallest absolute Gasteiger partial charge is 0.129 e. The first kappa shape index (κ1) is 8.08. The minimum atomic E-state index is 0.523. The number of halogens is 2. The summed E-state index contributed by atoms with van der Waals surface area (Å²) in [6.45, 7) is 0. The first-order chi connectivity index (χ1) is 5.68. The van der Waals surface area contributed by atoms with Crippen LogP contribution in [0.25, 0.3) is 10.9 Å². The summed E-state index contributed by atoms with van der Waals surface area (Å²) in [5, 5.41) is 1.62. The Balaban J connectivity index is 2.90. The van der Waals surface area contributed by atoms with Gasteiger partial charge in [0, 0.05) is 23.1 Å². The van der Waals surface area contributed by atoms with Gasteiger partial charge in [0.2, 0.25) is 0 Å². The summed E-state index contributed by atoms with van der Waals surface area (Å²) in [4.78, 5) is 4.01. The quantitative estimate of drug-likeness (QED) is 0.653. The molecule has 0 saturated heterocycles. The fourth-order valence-electron chi connectivity index (χ4n) is 1.20. The van der Waals surface area contributed by atoms with Gasteiger partial charge < -0.3 is 4.57 Å². The van der Waals surface area contributed by atoms with Crippen LogP contribution in [0.15, 0.2) is 22.9 Å². The summed E-state index contributed by atoms with van der Waals surface area (Å²) in [7, 11) is 1.97. The Morgan fingerprint density at radius 2 is 2.33 bits per heavy atom. The van der Waals surface area contributed by atoms with E-state index in [1.54, 1.807) is 6.20 Å². The largest absolute Gasteiger partial charge is 0.348 e. The first-order valence-electron chi connectivity index (χ1n) is 3.44. The van der Waals surface area contributed by atoms with Crippen LogP contribution in [0.1, 0.15) is 0 Å². The van der Waals surface area contributed by atoms with E-state index in [0.717, 1.165) is 15.4 Å². The van der Waals surface area contributed by atoms with Crippen LogP contribution in [0.3, 0.4) is 0 Å². The van der Waals surface area contributed by atoms with Crippen LogP contribution in [-0.2, 0) is 7.05 Å². The van der Waals surface area contributed by atoms with Gasteiger partial charge in [-0.1, -0.05) is 11.6 Å². The second-order valence-corrected chi connectivity index (χ2v) is 3.85. The Morgan fingerprint density at radius 1 is 1.58 bits per heavy atom. The summed E-state index contributed by atoms with van der Waals surface area (Å²) in [6, 6.07) is 1.85. The van der Waals surface area contributed by atoms with Gasteiger partial charge >= 0.3 is 0 Å². The third-order valence-electron chi connectivity index (χ3n) is 1.79. The average Bonchev–Trinajstić information content (AvgIpc) is 2.28. The molecule has 0 amide bonds. The molecular formula is C8H6BrClN2. The van der Waals surface area contributed by atoms with Gasteiger partial charge in [0.1, 0.15) is 5.15 Å². The number of nitrogens with zero attached hydrogens (tertiary/aromatic N) is 2. The van der Waals surface area contributed by atoms with Gasteiger partial charge in [-0.15, -0.1) is 0 Å². The maximum Gasteiger partial charge on any atom is 0.129 e. The molecule has 0 unspecified atom stereocenters. The molecule has 0 aliphatic rings. The van der Waals surface area contributed by atoms with E-state index in [4.69, 9.17) is 11.6 Å². The van der Waals surface area contributed by atoms with Gasteiger partial charge in [-0.3, -0.25) is 0 Å². The van der Waals surface area contributed by atoms with E-state index in [1.165, 1.54) is 0 Å². The standard InChI is InChI=1S/C8H6BrClN2/c1-12-4-6(9)5-2-8(10)11-3-7(5)12/h2-4H,1H3. The highest BCUT2D eigenvalue weighted by atomic mass is 79.9. The molecule has 2 rings (SSSR count). The minimum absolute atomic E-state index is 0.523. The predicted molar refractivity (Wildman–Crippen MR) is 53.4 cm³/mol.